The Morgan fingerprint density at radius 3 is 2.91 bits per heavy atom. The van der Waals surface area contributed by atoms with E-state index in [4.69, 9.17) is 0 Å². The lowest BCUT2D eigenvalue weighted by Gasteiger charge is -2.35. The number of rotatable bonds is 4. The van der Waals surface area contributed by atoms with Crippen molar-refractivity contribution in [2.45, 2.75) is 57.9 Å². The fourth-order valence-corrected chi connectivity index (χ4v) is 5.54. The topological polar surface area (TPSA) is 69.6 Å². The van der Waals surface area contributed by atoms with Gasteiger partial charge in [-0.1, -0.05) is 37.7 Å². The molecule has 0 spiro atoms. The number of hydrogen-bond acceptors (Lipinski definition) is 5. The fraction of sp³-hybridized carbons (Fsp3) is 0.458. The number of carbonyl (C=O) groups is 1. The molecule has 2 amide bonds. The average Bonchev–Trinajstić information content (AvgIpc) is 3.53. The number of amides is 2. The second kappa shape index (κ2) is 8.48. The third-order valence-corrected chi connectivity index (χ3v) is 7.23. The molecule has 2 fully saturated rings. The monoisotopic (exact) mass is 453 g/mol. The molecule has 1 saturated carbocycles. The summed E-state index contributed by atoms with van der Waals surface area (Å²) in [5.74, 6) is 0.480. The van der Waals surface area contributed by atoms with Gasteiger partial charge in [-0.2, -0.15) is 0 Å². The van der Waals surface area contributed by atoms with Crippen molar-refractivity contribution in [2.24, 2.45) is 4.99 Å². The molecule has 1 aliphatic carbocycles. The molecule has 2 aliphatic heterocycles. The number of benzene rings is 1. The highest BCUT2D eigenvalue weighted by Gasteiger charge is 2.37. The normalized spacial score (nSPS) is 25.1. The quantitative estimate of drug-likeness (QED) is 0.696. The summed E-state index contributed by atoms with van der Waals surface area (Å²) in [7, 11) is 0. The van der Waals surface area contributed by atoms with E-state index in [1.807, 2.05) is 19.9 Å². The number of nitrogens with one attached hydrogen (secondary N) is 2. The number of piperidine rings is 1. The molecular formula is C24H28FN5OS. The maximum absolute atomic E-state index is 14.5. The van der Waals surface area contributed by atoms with Gasteiger partial charge >= 0.3 is 6.03 Å². The van der Waals surface area contributed by atoms with E-state index in [9.17, 15) is 9.18 Å². The smallest absolute Gasteiger partial charge is 0.321 e. The number of thioether (sulfide) groups is 1. The zero-order chi connectivity index (χ0) is 22.4. The predicted molar refractivity (Wildman–Crippen MR) is 130 cm³/mol. The highest BCUT2D eigenvalue weighted by molar-refractivity contribution is 8.21. The first-order valence-corrected chi connectivity index (χ1v) is 12.0. The van der Waals surface area contributed by atoms with Crippen molar-refractivity contribution in [1.82, 2.24) is 15.2 Å². The van der Waals surface area contributed by atoms with Crippen LogP contribution in [0.3, 0.4) is 0 Å². The Kier molecular flexibility index (Phi) is 5.67. The van der Waals surface area contributed by atoms with E-state index in [1.165, 1.54) is 20.9 Å². The van der Waals surface area contributed by atoms with Gasteiger partial charge in [0.1, 0.15) is 12.0 Å². The number of nitrogens with zero attached hydrogens (tertiary/aromatic N) is 3. The number of carbonyl (C=O) groups excluding carboxylic acids is 1. The van der Waals surface area contributed by atoms with Crippen LogP contribution in [-0.2, 0) is 0 Å². The molecule has 0 unspecified atom stereocenters. The van der Waals surface area contributed by atoms with Gasteiger partial charge in [0, 0.05) is 35.1 Å². The van der Waals surface area contributed by atoms with E-state index in [-0.39, 0.29) is 24.7 Å². The number of fused-ring (bicyclic) bond motifs is 2. The Morgan fingerprint density at radius 2 is 2.12 bits per heavy atom. The van der Waals surface area contributed by atoms with Gasteiger partial charge in [0.25, 0.3) is 0 Å². The van der Waals surface area contributed by atoms with Gasteiger partial charge in [-0.05, 0) is 48.4 Å². The lowest BCUT2D eigenvalue weighted by Crippen LogP contribution is -2.54. The number of anilines is 1. The van der Waals surface area contributed by atoms with Crippen LogP contribution >= 0.6 is 11.8 Å². The lowest BCUT2D eigenvalue weighted by molar-refractivity contribution is 0.119. The summed E-state index contributed by atoms with van der Waals surface area (Å²) in [6.07, 6.45) is 2.34. The van der Waals surface area contributed by atoms with Gasteiger partial charge in [-0.3, -0.25) is 10.3 Å². The van der Waals surface area contributed by atoms with E-state index in [0.29, 0.717) is 24.8 Å². The fourth-order valence-electron chi connectivity index (χ4n) is 4.46. The number of pyridine rings is 1. The van der Waals surface area contributed by atoms with E-state index in [1.54, 1.807) is 18.0 Å². The second-order valence-electron chi connectivity index (χ2n) is 9.06. The Balaban J connectivity index is 1.29. The van der Waals surface area contributed by atoms with Crippen molar-refractivity contribution in [2.75, 3.05) is 18.4 Å². The summed E-state index contributed by atoms with van der Waals surface area (Å²) >= 11 is 1.73. The third kappa shape index (κ3) is 4.38. The van der Waals surface area contributed by atoms with Gasteiger partial charge in [0.15, 0.2) is 0 Å². The van der Waals surface area contributed by atoms with Crippen LogP contribution in [0.2, 0.25) is 0 Å². The summed E-state index contributed by atoms with van der Waals surface area (Å²) in [6.45, 7) is 6.67. The van der Waals surface area contributed by atoms with Crippen molar-refractivity contribution in [3.05, 3.63) is 41.6 Å². The van der Waals surface area contributed by atoms with Crippen LogP contribution in [0.5, 0.6) is 0 Å². The van der Waals surface area contributed by atoms with Crippen molar-refractivity contribution in [1.29, 1.82) is 0 Å². The molecule has 2 N–H and O–H groups in total. The van der Waals surface area contributed by atoms with Crippen molar-refractivity contribution < 1.29 is 9.18 Å². The average molecular weight is 454 g/mol. The first-order chi connectivity index (χ1) is 15.4. The highest BCUT2D eigenvalue weighted by atomic mass is 32.2. The van der Waals surface area contributed by atoms with Crippen molar-refractivity contribution in [3.63, 3.8) is 0 Å². The van der Waals surface area contributed by atoms with Gasteiger partial charge in [0.05, 0.1) is 17.6 Å². The number of hydrogen-bond donors (Lipinski definition) is 2. The predicted octanol–water partition coefficient (Wildman–Crippen LogP) is 4.83. The Hall–Kier alpha value is -2.45. The number of aromatic nitrogens is 1. The third-order valence-electron chi connectivity index (χ3n) is 6.13. The molecule has 3 heterocycles. The van der Waals surface area contributed by atoms with Crippen LogP contribution in [0.15, 0.2) is 41.0 Å². The standard InChI is InChI=1S/C24H28FN5OS/c1-13(2)27-20-6-7-30(12-19(20)25)24(31)29-22-9-17-8-15(4-5-16(17)11-26-22)23-18-10-21(18)28-14(3)32-23/h4-5,8-9,11,13,19-21,27H,6-7,10,12H2,1-3H3,(H,26,29,31)/t19-,20-,21+/m0/s1. The van der Waals surface area contributed by atoms with Gasteiger partial charge in [0.2, 0.25) is 0 Å². The van der Waals surface area contributed by atoms with E-state index < -0.39 is 6.17 Å². The number of alkyl halides is 1. The van der Waals surface area contributed by atoms with Crippen molar-refractivity contribution in [3.8, 4) is 0 Å². The highest BCUT2D eigenvalue weighted by Crippen LogP contribution is 2.49. The maximum atomic E-state index is 14.5. The molecule has 8 heteroatoms. The lowest BCUT2D eigenvalue weighted by atomic mass is 10.0. The molecule has 6 nitrogen and oxygen atoms in total. The SMILES string of the molecule is CC1=N[C@@H]2CC2=C(c2ccc3cnc(NC(=O)N4CC[C@H](NC(C)C)[C@@H](F)C4)cc3c2)S1. The van der Waals surface area contributed by atoms with E-state index >= 15 is 0 Å². The van der Waals surface area contributed by atoms with Crippen LogP contribution in [0.1, 0.15) is 39.2 Å². The zero-order valence-electron chi connectivity index (χ0n) is 18.6. The van der Waals surface area contributed by atoms with Crippen molar-refractivity contribution >= 4 is 44.3 Å². The van der Waals surface area contributed by atoms with E-state index in [2.05, 4.69) is 45.7 Å². The first-order valence-electron chi connectivity index (χ1n) is 11.2. The summed E-state index contributed by atoms with van der Waals surface area (Å²) in [6, 6.07) is 8.31. The summed E-state index contributed by atoms with van der Waals surface area (Å²) < 4.78 is 14.5. The molecule has 3 atom stereocenters. The molecule has 168 valence electrons. The molecule has 1 aromatic heterocycles. The minimum absolute atomic E-state index is 0.0875. The first kappa shape index (κ1) is 21.4. The molecule has 1 aromatic carbocycles. The summed E-state index contributed by atoms with van der Waals surface area (Å²) in [5, 5.41) is 9.23. The molecule has 0 radical (unpaired) electrons. The van der Waals surface area contributed by atoms with Gasteiger partial charge < -0.3 is 10.2 Å². The van der Waals surface area contributed by atoms with Crippen LogP contribution in [-0.4, -0.2) is 58.3 Å². The number of aliphatic imine (C=N–C) groups is 1. The summed E-state index contributed by atoms with van der Waals surface area (Å²) in [4.78, 5) is 24.6. The second-order valence-corrected chi connectivity index (χ2v) is 10.3. The maximum Gasteiger partial charge on any atom is 0.323 e. The molecule has 0 bridgehead atoms. The van der Waals surface area contributed by atoms with Crippen LogP contribution in [0.25, 0.3) is 15.7 Å². The minimum Gasteiger partial charge on any atom is -0.321 e. The number of urea groups is 1. The molecule has 1 saturated heterocycles. The Morgan fingerprint density at radius 1 is 1.28 bits per heavy atom. The Labute approximate surface area is 191 Å². The zero-order valence-corrected chi connectivity index (χ0v) is 19.4. The molecule has 2 aromatic rings. The van der Waals surface area contributed by atoms with Crippen LogP contribution < -0.4 is 10.6 Å². The minimum atomic E-state index is -1.08. The largest absolute Gasteiger partial charge is 0.323 e. The summed E-state index contributed by atoms with van der Waals surface area (Å²) in [5.41, 5.74) is 2.59. The van der Waals surface area contributed by atoms with Gasteiger partial charge in [-0.15, -0.1) is 0 Å². The molecule has 3 aliphatic rings. The van der Waals surface area contributed by atoms with Gasteiger partial charge in [-0.25, -0.2) is 14.2 Å². The number of halogens is 1. The number of likely N-dealkylation sites (tertiary alicyclic amines) is 1. The molecule has 5 rings (SSSR count). The van der Waals surface area contributed by atoms with Crippen LogP contribution in [0, 0.1) is 0 Å². The van der Waals surface area contributed by atoms with Crippen LogP contribution in [0.4, 0.5) is 15.0 Å². The molecular weight excluding hydrogens is 425 g/mol. The van der Waals surface area contributed by atoms with E-state index in [0.717, 1.165) is 22.2 Å². The Bertz CT molecular complexity index is 1130. The molecule has 32 heavy (non-hydrogen) atoms.